The van der Waals surface area contributed by atoms with Crippen LogP contribution in [0.25, 0.3) is 0 Å². The second kappa shape index (κ2) is 12.0. The smallest absolute Gasteiger partial charge is 0.127 e. The van der Waals surface area contributed by atoms with Gasteiger partial charge < -0.3 is 18.9 Å². The molecule has 0 aromatic heterocycles. The summed E-state index contributed by atoms with van der Waals surface area (Å²) in [5.41, 5.74) is 4.95. The predicted molar refractivity (Wildman–Crippen MR) is 140 cm³/mol. The van der Waals surface area contributed by atoms with Crippen LogP contribution in [-0.2, 0) is 25.7 Å². The van der Waals surface area contributed by atoms with E-state index in [1.165, 1.54) is 22.3 Å². The molecule has 4 heteroatoms. The van der Waals surface area contributed by atoms with E-state index in [0.29, 0.717) is 0 Å². The molecule has 4 nitrogen and oxygen atoms in total. The molecule has 4 aromatic rings. The van der Waals surface area contributed by atoms with Crippen LogP contribution in [0.5, 0.6) is 28.7 Å². The number of hydrogen-bond acceptors (Lipinski definition) is 4. The quantitative estimate of drug-likeness (QED) is 0.236. The van der Waals surface area contributed by atoms with Gasteiger partial charge in [-0.25, -0.2) is 0 Å². The van der Waals surface area contributed by atoms with Crippen LogP contribution in [0.15, 0.2) is 91.0 Å². The van der Waals surface area contributed by atoms with Crippen molar-refractivity contribution >= 4 is 0 Å². The molecule has 0 bridgehead atoms. The second-order valence-corrected chi connectivity index (χ2v) is 8.47. The fourth-order valence-corrected chi connectivity index (χ4v) is 4.04. The molecule has 0 fully saturated rings. The summed E-state index contributed by atoms with van der Waals surface area (Å²) in [6.45, 7) is 0. The molecule has 0 radical (unpaired) electrons. The van der Waals surface area contributed by atoms with Crippen LogP contribution in [0, 0.1) is 0 Å². The molecule has 0 N–H and O–H groups in total. The number of methoxy groups -OCH3 is 3. The van der Waals surface area contributed by atoms with Crippen molar-refractivity contribution in [1.29, 1.82) is 0 Å². The summed E-state index contributed by atoms with van der Waals surface area (Å²) in [6, 6.07) is 30.9. The third kappa shape index (κ3) is 7.03. The average molecular weight is 469 g/mol. The first-order valence-electron chi connectivity index (χ1n) is 11.9. The van der Waals surface area contributed by atoms with Crippen LogP contribution in [0.3, 0.4) is 0 Å². The molecule has 0 amide bonds. The highest BCUT2D eigenvalue weighted by Crippen LogP contribution is 2.26. The zero-order chi connectivity index (χ0) is 24.5. The third-order valence-corrected chi connectivity index (χ3v) is 6.01. The van der Waals surface area contributed by atoms with Crippen molar-refractivity contribution < 1.29 is 18.9 Å². The number of rotatable bonds is 11. The van der Waals surface area contributed by atoms with Crippen LogP contribution < -0.4 is 18.9 Å². The lowest BCUT2D eigenvalue weighted by Gasteiger charge is -2.10. The van der Waals surface area contributed by atoms with E-state index in [4.69, 9.17) is 18.9 Å². The predicted octanol–water partition coefficient (Wildman–Crippen LogP) is 7.08. The molecule has 0 saturated carbocycles. The zero-order valence-electron chi connectivity index (χ0n) is 20.6. The molecule has 180 valence electrons. The molecule has 0 atom stereocenters. The molecular weight excluding hydrogens is 436 g/mol. The van der Waals surface area contributed by atoms with E-state index < -0.39 is 0 Å². The minimum atomic E-state index is 0.814. The van der Waals surface area contributed by atoms with Gasteiger partial charge in [0.05, 0.1) is 21.3 Å². The Labute approximate surface area is 208 Å². The van der Waals surface area contributed by atoms with Crippen molar-refractivity contribution in [2.45, 2.75) is 25.7 Å². The maximum Gasteiger partial charge on any atom is 0.127 e. The van der Waals surface area contributed by atoms with Crippen molar-refractivity contribution in [2.75, 3.05) is 21.3 Å². The summed E-state index contributed by atoms with van der Waals surface area (Å²) in [6.07, 6.45) is 3.73. The number of aryl methyl sites for hydroxylation is 4. The van der Waals surface area contributed by atoms with Gasteiger partial charge in [0.15, 0.2) is 0 Å². The van der Waals surface area contributed by atoms with E-state index in [2.05, 4.69) is 48.5 Å². The van der Waals surface area contributed by atoms with Gasteiger partial charge in [0, 0.05) is 6.07 Å². The molecule has 0 saturated heterocycles. The molecule has 0 unspecified atom stereocenters. The Morgan fingerprint density at radius 1 is 0.400 bits per heavy atom. The molecule has 35 heavy (non-hydrogen) atoms. The molecular formula is C31H32O4. The van der Waals surface area contributed by atoms with Gasteiger partial charge in [0.25, 0.3) is 0 Å². The van der Waals surface area contributed by atoms with Gasteiger partial charge in [0.2, 0.25) is 0 Å². The van der Waals surface area contributed by atoms with Crippen molar-refractivity contribution in [3.63, 3.8) is 0 Å². The molecule has 4 rings (SSSR count). The molecule has 0 heterocycles. The van der Waals surface area contributed by atoms with E-state index >= 15 is 0 Å². The Balaban J connectivity index is 1.33. The minimum Gasteiger partial charge on any atom is -0.497 e. The zero-order valence-corrected chi connectivity index (χ0v) is 20.6. The monoisotopic (exact) mass is 468 g/mol. The summed E-state index contributed by atoms with van der Waals surface area (Å²) in [5.74, 6) is 4.21. The standard InChI is InChI=1S/C31H32O4/c1-32-28-8-4-6-24(18-28)11-12-25-7-5-9-29(19-25)35-27-16-14-23(15-17-27)10-13-26-20-30(33-2)22-31(21-26)34-3/h4-9,14-22H,10-13H2,1-3H3. The number of hydrogen-bond donors (Lipinski definition) is 0. The summed E-state index contributed by atoms with van der Waals surface area (Å²) < 4.78 is 22.2. The van der Waals surface area contributed by atoms with E-state index in [-0.39, 0.29) is 0 Å². The lowest BCUT2D eigenvalue weighted by Crippen LogP contribution is -1.95. The van der Waals surface area contributed by atoms with Crippen LogP contribution in [0.1, 0.15) is 22.3 Å². The van der Waals surface area contributed by atoms with Crippen LogP contribution in [-0.4, -0.2) is 21.3 Å². The first kappa shape index (κ1) is 24.2. The van der Waals surface area contributed by atoms with E-state index in [1.807, 2.05) is 42.5 Å². The normalized spacial score (nSPS) is 10.6. The highest BCUT2D eigenvalue weighted by Gasteiger charge is 2.05. The van der Waals surface area contributed by atoms with Crippen molar-refractivity contribution in [1.82, 2.24) is 0 Å². The van der Waals surface area contributed by atoms with Crippen LogP contribution in [0.2, 0.25) is 0 Å². The van der Waals surface area contributed by atoms with Gasteiger partial charge in [-0.3, -0.25) is 0 Å². The molecule has 4 aromatic carbocycles. The second-order valence-electron chi connectivity index (χ2n) is 8.47. The van der Waals surface area contributed by atoms with Crippen molar-refractivity contribution in [3.8, 4) is 28.7 Å². The summed E-state index contributed by atoms with van der Waals surface area (Å²) >= 11 is 0. The minimum absolute atomic E-state index is 0.814. The van der Waals surface area contributed by atoms with Crippen LogP contribution in [0.4, 0.5) is 0 Å². The maximum absolute atomic E-state index is 6.13. The van der Waals surface area contributed by atoms with Crippen molar-refractivity contribution in [3.05, 3.63) is 113 Å². The number of ether oxygens (including phenoxy) is 4. The highest BCUT2D eigenvalue weighted by molar-refractivity contribution is 5.40. The van der Waals surface area contributed by atoms with Gasteiger partial charge in [-0.05, 0) is 96.5 Å². The molecule has 0 aliphatic heterocycles. The Hall–Kier alpha value is -3.92. The Bertz CT molecular complexity index is 1210. The molecule has 0 aliphatic carbocycles. The van der Waals surface area contributed by atoms with Crippen LogP contribution >= 0.6 is 0 Å². The lowest BCUT2D eigenvalue weighted by molar-refractivity contribution is 0.393. The first-order valence-corrected chi connectivity index (χ1v) is 11.9. The van der Waals surface area contributed by atoms with E-state index in [0.717, 1.165) is 54.4 Å². The van der Waals surface area contributed by atoms with Gasteiger partial charge in [-0.1, -0.05) is 36.4 Å². The maximum atomic E-state index is 6.13. The third-order valence-electron chi connectivity index (χ3n) is 6.01. The van der Waals surface area contributed by atoms with E-state index in [1.54, 1.807) is 21.3 Å². The van der Waals surface area contributed by atoms with Crippen molar-refractivity contribution in [2.24, 2.45) is 0 Å². The summed E-state index contributed by atoms with van der Waals surface area (Å²) in [5, 5.41) is 0. The highest BCUT2D eigenvalue weighted by atomic mass is 16.5. The fraction of sp³-hybridized carbons (Fsp3) is 0.226. The van der Waals surface area contributed by atoms with E-state index in [9.17, 15) is 0 Å². The first-order chi connectivity index (χ1) is 17.1. The van der Waals surface area contributed by atoms with Gasteiger partial charge in [0.1, 0.15) is 28.7 Å². The topological polar surface area (TPSA) is 36.9 Å². The Morgan fingerprint density at radius 2 is 0.886 bits per heavy atom. The summed E-state index contributed by atoms with van der Waals surface area (Å²) in [7, 11) is 5.05. The Morgan fingerprint density at radius 3 is 1.49 bits per heavy atom. The molecule has 0 spiro atoms. The number of benzene rings is 4. The average Bonchev–Trinajstić information content (AvgIpc) is 2.91. The largest absolute Gasteiger partial charge is 0.497 e. The lowest BCUT2D eigenvalue weighted by atomic mass is 10.0. The summed E-state index contributed by atoms with van der Waals surface area (Å²) in [4.78, 5) is 0. The Kier molecular flexibility index (Phi) is 8.29. The fourth-order valence-electron chi connectivity index (χ4n) is 4.04. The van der Waals surface area contributed by atoms with Gasteiger partial charge in [-0.2, -0.15) is 0 Å². The molecule has 0 aliphatic rings. The van der Waals surface area contributed by atoms with Gasteiger partial charge >= 0.3 is 0 Å². The van der Waals surface area contributed by atoms with Gasteiger partial charge in [-0.15, -0.1) is 0 Å². The SMILES string of the molecule is COc1cccc(CCc2cccc(Oc3ccc(CCc4cc(OC)cc(OC)c4)cc3)c2)c1.